The van der Waals surface area contributed by atoms with Crippen molar-refractivity contribution in [3.8, 4) is 11.8 Å². The van der Waals surface area contributed by atoms with Gasteiger partial charge in [0.05, 0.1) is 26.0 Å². The molecule has 1 rings (SSSR count). The molecule has 18 heavy (non-hydrogen) atoms. The molecule has 0 spiro atoms. The van der Waals surface area contributed by atoms with Crippen molar-refractivity contribution >= 4 is 16.0 Å². The third-order valence-corrected chi connectivity index (χ3v) is 3.20. The summed E-state index contributed by atoms with van der Waals surface area (Å²) in [6.07, 6.45) is 0. The minimum absolute atomic E-state index is 0.0770. The van der Waals surface area contributed by atoms with Gasteiger partial charge in [-0.25, -0.2) is 8.42 Å². The van der Waals surface area contributed by atoms with E-state index in [1.165, 1.54) is 20.3 Å². The summed E-state index contributed by atoms with van der Waals surface area (Å²) in [6.45, 7) is 0.330. The van der Waals surface area contributed by atoms with Crippen molar-refractivity contribution in [1.29, 1.82) is 0 Å². The number of rotatable bonds is 7. The van der Waals surface area contributed by atoms with E-state index in [4.69, 9.17) is 9.47 Å². The normalized spacial score (nSPS) is 11.1. The van der Waals surface area contributed by atoms with Crippen molar-refractivity contribution < 1.29 is 17.9 Å². The van der Waals surface area contributed by atoms with Crippen LogP contribution in [-0.2, 0) is 10.0 Å². The fraction of sp³-hybridized carbons (Fsp3) is 0.556. The summed E-state index contributed by atoms with van der Waals surface area (Å²) >= 11 is 0. The largest absolute Gasteiger partial charge is 0.481 e. The molecule has 2 N–H and O–H groups in total. The molecule has 1 aromatic heterocycles. The van der Waals surface area contributed by atoms with Gasteiger partial charge in [-0.1, -0.05) is 0 Å². The second-order valence-corrected chi connectivity index (χ2v) is 5.14. The summed E-state index contributed by atoms with van der Waals surface area (Å²) in [6, 6.07) is 1.45. The number of ether oxygens (including phenoxy) is 2. The number of hydrogen-bond acceptors (Lipinski definition) is 7. The highest BCUT2D eigenvalue weighted by molar-refractivity contribution is 7.92. The Labute approximate surface area is 106 Å². The molecule has 0 amide bonds. The highest BCUT2D eigenvalue weighted by Gasteiger charge is 2.13. The summed E-state index contributed by atoms with van der Waals surface area (Å²) in [5.74, 6) is 0.274. The van der Waals surface area contributed by atoms with E-state index in [2.05, 4.69) is 20.0 Å². The summed E-state index contributed by atoms with van der Waals surface area (Å²) in [7, 11) is 1.01. The van der Waals surface area contributed by atoms with Crippen LogP contribution in [0.3, 0.4) is 0 Å². The molecule has 0 bridgehead atoms. The number of sulfonamides is 1. The fourth-order valence-electron chi connectivity index (χ4n) is 1.09. The predicted octanol–water partition coefficient (Wildman–Crippen LogP) is -0.545. The summed E-state index contributed by atoms with van der Waals surface area (Å²) in [4.78, 5) is 7.74. The number of anilines is 1. The first-order chi connectivity index (χ1) is 8.50. The molecule has 0 fully saturated rings. The second-order valence-electron chi connectivity index (χ2n) is 3.30. The van der Waals surface area contributed by atoms with Crippen LogP contribution < -0.4 is 19.5 Å². The Morgan fingerprint density at radius 3 is 2.22 bits per heavy atom. The Balaban J connectivity index is 2.89. The van der Waals surface area contributed by atoms with Crippen LogP contribution >= 0.6 is 0 Å². The molecule has 9 heteroatoms. The lowest BCUT2D eigenvalue weighted by atomic mass is 10.6. The van der Waals surface area contributed by atoms with E-state index >= 15 is 0 Å². The van der Waals surface area contributed by atoms with Crippen molar-refractivity contribution in [3.05, 3.63) is 6.07 Å². The molecule has 102 valence electrons. The Bertz CT molecular complexity index is 469. The lowest BCUT2D eigenvalue weighted by molar-refractivity contribution is 0.373. The predicted molar refractivity (Wildman–Crippen MR) is 66.5 cm³/mol. The average Bonchev–Trinajstić information content (AvgIpc) is 2.35. The lowest BCUT2D eigenvalue weighted by Gasteiger charge is -2.08. The van der Waals surface area contributed by atoms with E-state index in [0.29, 0.717) is 6.54 Å². The van der Waals surface area contributed by atoms with Gasteiger partial charge in [-0.05, 0) is 7.05 Å². The summed E-state index contributed by atoms with van der Waals surface area (Å²) < 4.78 is 35.4. The molecule has 0 radical (unpaired) electrons. The topological polar surface area (TPSA) is 102 Å². The van der Waals surface area contributed by atoms with Gasteiger partial charge in [0.1, 0.15) is 0 Å². The van der Waals surface area contributed by atoms with Crippen LogP contribution in [0.2, 0.25) is 0 Å². The van der Waals surface area contributed by atoms with Crippen molar-refractivity contribution in [3.63, 3.8) is 0 Å². The molecule has 0 atom stereocenters. The number of hydrogen-bond donors (Lipinski definition) is 2. The Morgan fingerprint density at radius 1 is 1.22 bits per heavy atom. The van der Waals surface area contributed by atoms with Crippen LogP contribution in [0, 0.1) is 0 Å². The number of aromatic nitrogens is 2. The Kier molecular flexibility index (Phi) is 5.10. The average molecular weight is 276 g/mol. The smallest absolute Gasteiger partial charge is 0.243 e. The van der Waals surface area contributed by atoms with Gasteiger partial charge in [-0.2, -0.15) is 9.97 Å². The van der Waals surface area contributed by atoms with Crippen LogP contribution in [0.4, 0.5) is 5.95 Å². The van der Waals surface area contributed by atoms with E-state index < -0.39 is 10.0 Å². The number of nitrogens with zero attached hydrogens (tertiary/aromatic N) is 2. The molecular weight excluding hydrogens is 260 g/mol. The van der Waals surface area contributed by atoms with Crippen LogP contribution in [0.1, 0.15) is 0 Å². The molecular formula is C9H16N4O4S. The van der Waals surface area contributed by atoms with E-state index in [1.54, 1.807) is 7.05 Å². The standard InChI is InChI=1S/C9H16N4O4S/c1-10-4-5-18(14,15)13-9-11-7(16-2)6-8(12-9)17-3/h6,10H,4-5H2,1-3H3,(H,11,12,13). The minimum atomic E-state index is -3.50. The first-order valence-corrected chi connectivity index (χ1v) is 6.78. The zero-order valence-corrected chi connectivity index (χ0v) is 11.2. The number of nitrogens with one attached hydrogen (secondary N) is 2. The van der Waals surface area contributed by atoms with E-state index in [-0.39, 0.29) is 23.5 Å². The van der Waals surface area contributed by atoms with Gasteiger partial charge < -0.3 is 14.8 Å². The zero-order chi connectivity index (χ0) is 13.6. The maximum absolute atomic E-state index is 11.6. The molecule has 0 aliphatic rings. The van der Waals surface area contributed by atoms with Gasteiger partial charge in [-0.3, -0.25) is 4.72 Å². The first-order valence-electron chi connectivity index (χ1n) is 5.13. The fourth-order valence-corrected chi connectivity index (χ4v) is 2.03. The van der Waals surface area contributed by atoms with Gasteiger partial charge in [0, 0.05) is 6.54 Å². The van der Waals surface area contributed by atoms with Crippen LogP contribution in [0.15, 0.2) is 6.07 Å². The maximum atomic E-state index is 11.6. The Hall–Kier alpha value is -1.61. The van der Waals surface area contributed by atoms with E-state index in [0.717, 1.165) is 0 Å². The molecule has 0 aliphatic heterocycles. The molecule has 0 unspecified atom stereocenters. The van der Waals surface area contributed by atoms with E-state index in [9.17, 15) is 8.42 Å². The lowest BCUT2D eigenvalue weighted by Crippen LogP contribution is -2.25. The van der Waals surface area contributed by atoms with Crippen molar-refractivity contribution in [1.82, 2.24) is 15.3 Å². The zero-order valence-electron chi connectivity index (χ0n) is 10.4. The van der Waals surface area contributed by atoms with Crippen molar-refractivity contribution in [2.75, 3.05) is 38.3 Å². The quantitative estimate of drug-likeness (QED) is 0.689. The molecule has 0 aromatic carbocycles. The molecule has 1 heterocycles. The van der Waals surface area contributed by atoms with Crippen LogP contribution in [-0.4, -0.2) is 52.0 Å². The summed E-state index contributed by atoms with van der Waals surface area (Å²) in [5.41, 5.74) is 0. The minimum Gasteiger partial charge on any atom is -0.481 e. The van der Waals surface area contributed by atoms with Gasteiger partial charge in [-0.15, -0.1) is 0 Å². The highest BCUT2D eigenvalue weighted by atomic mass is 32.2. The summed E-state index contributed by atoms with van der Waals surface area (Å²) in [5, 5.41) is 2.75. The highest BCUT2D eigenvalue weighted by Crippen LogP contribution is 2.17. The number of methoxy groups -OCH3 is 2. The van der Waals surface area contributed by atoms with E-state index in [1.807, 2.05) is 0 Å². The Morgan fingerprint density at radius 2 is 1.78 bits per heavy atom. The molecule has 0 aliphatic carbocycles. The SMILES string of the molecule is CNCCS(=O)(=O)Nc1nc(OC)cc(OC)n1. The van der Waals surface area contributed by atoms with Gasteiger partial charge in [0.2, 0.25) is 27.7 Å². The maximum Gasteiger partial charge on any atom is 0.243 e. The molecule has 8 nitrogen and oxygen atoms in total. The monoisotopic (exact) mass is 276 g/mol. The third kappa shape index (κ3) is 4.34. The molecule has 1 aromatic rings. The van der Waals surface area contributed by atoms with Crippen molar-refractivity contribution in [2.45, 2.75) is 0 Å². The van der Waals surface area contributed by atoms with Crippen LogP contribution in [0.25, 0.3) is 0 Å². The molecule has 0 saturated heterocycles. The van der Waals surface area contributed by atoms with Gasteiger partial charge >= 0.3 is 0 Å². The molecule has 0 saturated carbocycles. The third-order valence-electron chi connectivity index (χ3n) is 1.96. The van der Waals surface area contributed by atoms with Gasteiger partial charge in [0.25, 0.3) is 0 Å². The first kappa shape index (κ1) is 14.5. The second kappa shape index (κ2) is 6.36. The van der Waals surface area contributed by atoms with Crippen molar-refractivity contribution in [2.24, 2.45) is 0 Å². The van der Waals surface area contributed by atoms with Gasteiger partial charge in [0.15, 0.2) is 0 Å². The van der Waals surface area contributed by atoms with Crippen LogP contribution in [0.5, 0.6) is 11.8 Å².